The molecule has 0 aliphatic rings. The lowest BCUT2D eigenvalue weighted by atomic mass is 10.1. The van der Waals surface area contributed by atoms with Gasteiger partial charge in [-0.1, -0.05) is 23.7 Å². The summed E-state index contributed by atoms with van der Waals surface area (Å²) in [6, 6.07) is 6.03. The SMILES string of the molecule is Nc1nc(-c2ccc(Cl)cc2)c(C(F)F)c(=O)[nH]1. The van der Waals surface area contributed by atoms with E-state index in [4.69, 9.17) is 17.3 Å². The van der Waals surface area contributed by atoms with Gasteiger partial charge < -0.3 is 5.73 Å². The van der Waals surface area contributed by atoms with Crippen LogP contribution in [0.2, 0.25) is 5.02 Å². The lowest BCUT2D eigenvalue weighted by molar-refractivity contribution is 0.150. The minimum Gasteiger partial charge on any atom is -0.369 e. The largest absolute Gasteiger partial charge is 0.369 e. The molecule has 0 unspecified atom stereocenters. The molecule has 7 heteroatoms. The van der Waals surface area contributed by atoms with Gasteiger partial charge in [0.05, 0.1) is 5.69 Å². The number of anilines is 1. The number of aromatic amines is 1. The molecule has 0 aliphatic heterocycles. The number of nitrogens with two attached hydrogens (primary N) is 1. The molecule has 0 saturated carbocycles. The Morgan fingerprint density at radius 2 is 1.89 bits per heavy atom. The summed E-state index contributed by atoms with van der Waals surface area (Å²) in [6.45, 7) is 0. The third-order valence-electron chi connectivity index (χ3n) is 2.31. The van der Waals surface area contributed by atoms with Crippen LogP contribution < -0.4 is 11.3 Å². The number of nitrogen functional groups attached to an aromatic ring is 1. The van der Waals surface area contributed by atoms with Crippen molar-refractivity contribution in [2.75, 3.05) is 5.73 Å². The Hall–Kier alpha value is -1.95. The van der Waals surface area contributed by atoms with Gasteiger partial charge in [-0.25, -0.2) is 13.8 Å². The molecule has 94 valence electrons. The summed E-state index contributed by atoms with van der Waals surface area (Å²) in [6.07, 6.45) is -2.94. The molecular weight excluding hydrogens is 264 g/mol. The van der Waals surface area contributed by atoms with Crippen molar-refractivity contribution in [2.45, 2.75) is 6.43 Å². The molecule has 1 aromatic carbocycles. The zero-order valence-electron chi connectivity index (χ0n) is 8.95. The number of benzene rings is 1. The Kier molecular flexibility index (Phi) is 3.29. The molecule has 1 aromatic heterocycles. The Balaban J connectivity index is 2.69. The van der Waals surface area contributed by atoms with Gasteiger partial charge in [0.1, 0.15) is 5.56 Å². The van der Waals surface area contributed by atoms with Gasteiger partial charge in [0.25, 0.3) is 12.0 Å². The molecule has 2 rings (SSSR count). The number of rotatable bonds is 2. The normalized spacial score (nSPS) is 10.9. The molecular formula is C11H8ClF2N3O. The van der Waals surface area contributed by atoms with Crippen LogP contribution in [0.1, 0.15) is 12.0 Å². The van der Waals surface area contributed by atoms with Crippen LogP contribution in [0.4, 0.5) is 14.7 Å². The molecule has 0 spiro atoms. The van der Waals surface area contributed by atoms with E-state index in [1.54, 1.807) is 0 Å². The molecule has 2 aromatic rings. The van der Waals surface area contributed by atoms with Gasteiger partial charge in [0, 0.05) is 10.6 Å². The first-order valence-electron chi connectivity index (χ1n) is 4.93. The van der Waals surface area contributed by atoms with Gasteiger partial charge in [0.2, 0.25) is 5.95 Å². The van der Waals surface area contributed by atoms with Crippen LogP contribution in [0.3, 0.4) is 0 Å². The zero-order chi connectivity index (χ0) is 13.3. The monoisotopic (exact) mass is 271 g/mol. The summed E-state index contributed by atoms with van der Waals surface area (Å²) in [5.74, 6) is -0.214. The quantitative estimate of drug-likeness (QED) is 0.882. The van der Waals surface area contributed by atoms with Gasteiger partial charge in [-0.3, -0.25) is 9.78 Å². The Bertz CT molecular complexity index is 625. The second kappa shape index (κ2) is 4.73. The number of nitrogens with zero attached hydrogens (tertiary/aromatic N) is 1. The predicted molar refractivity (Wildman–Crippen MR) is 64.7 cm³/mol. The van der Waals surface area contributed by atoms with Crippen LogP contribution in [0.25, 0.3) is 11.3 Å². The lowest BCUT2D eigenvalue weighted by Crippen LogP contribution is -2.18. The minimum absolute atomic E-state index is 0.136. The van der Waals surface area contributed by atoms with Gasteiger partial charge in [-0.05, 0) is 12.1 Å². The average molecular weight is 272 g/mol. The molecule has 0 amide bonds. The highest BCUT2D eigenvalue weighted by Crippen LogP contribution is 2.27. The van der Waals surface area contributed by atoms with E-state index in [0.717, 1.165) is 0 Å². The molecule has 0 saturated heterocycles. The summed E-state index contributed by atoms with van der Waals surface area (Å²) in [4.78, 5) is 17.3. The van der Waals surface area contributed by atoms with Crippen molar-refractivity contribution in [1.82, 2.24) is 9.97 Å². The number of H-pyrrole nitrogens is 1. The van der Waals surface area contributed by atoms with Gasteiger partial charge in [0.15, 0.2) is 0 Å². The van der Waals surface area contributed by atoms with E-state index in [1.807, 2.05) is 4.98 Å². The summed E-state index contributed by atoms with van der Waals surface area (Å²) < 4.78 is 25.7. The van der Waals surface area contributed by atoms with E-state index in [-0.39, 0.29) is 11.6 Å². The van der Waals surface area contributed by atoms with Crippen LogP contribution >= 0.6 is 11.6 Å². The maximum atomic E-state index is 12.9. The van der Waals surface area contributed by atoms with Crippen LogP contribution in [0, 0.1) is 0 Å². The van der Waals surface area contributed by atoms with Crippen molar-refractivity contribution >= 4 is 17.5 Å². The molecule has 1 heterocycles. The highest BCUT2D eigenvalue weighted by molar-refractivity contribution is 6.30. The van der Waals surface area contributed by atoms with Crippen molar-refractivity contribution < 1.29 is 8.78 Å². The molecule has 18 heavy (non-hydrogen) atoms. The fourth-order valence-corrected chi connectivity index (χ4v) is 1.66. The predicted octanol–water partition coefficient (Wildman–Crippen LogP) is 2.61. The fraction of sp³-hybridized carbons (Fsp3) is 0.0909. The van der Waals surface area contributed by atoms with Crippen molar-refractivity contribution in [3.8, 4) is 11.3 Å². The molecule has 0 atom stereocenters. The number of aromatic nitrogens is 2. The third kappa shape index (κ3) is 2.33. The average Bonchev–Trinajstić information content (AvgIpc) is 2.28. The number of hydrogen-bond acceptors (Lipinski definition) is 3. The Morgan fingerprint density at radius 1 is 1.28 bits per heavy atom. The molecule has 0 fully saturated rings. The van der Waals surface area contributed by atoms with E-state index >= 15 is 0 Å². The van der Waals surface area contributed by atoms with E-state index < -0.39 is 17.5 Å². The van der Waals surface area contributed by atoms with Crippen molar-refractivity contribution in [2.24, 2.45) is 0 Å². The molecule has 3 N–H and O–H groups in total. The van der Waals surface area contributed by atoms with Gasteiger partial charge >= 0.3 is 0 Å². The molecule has 4 nitrogen and oxygen atoms in total. The number of alkyl halides is 2. The number of halogens is 3. The highest BCUT2D eigenvalue weighted by atomic mass is 35.5. The van der Waals surface area contributed by atoms with Crippen LogP contribution in [0.15, 0.2) is 29.1 Å². The standard InChI is InChI=1S/C11H8ClF2N3O/c12-6-3-1-5(2-4-6)8-7(9(13)14)10(18)17-11(15)16-8/h1-4,9H,(H3,15,16,17,18). The Labute approximate surface area is 105 Å². The summed E-state index contributed by atoms with van der Waals surface area (Å²) in [5, 5.41) is 0.454. The second-order valence-electron chi connectivity index (χ2n) is 3.52. The van der Waals surface area contributed by atoms with E-state index in [9.17, 15) is 13.6 Å². The molecule has 0 radical (unpaired) electrons. The number of nitrogens with one attached hydrogen (secondary N) is 1. The molecule has 0 bridgehead atoms. The topological polar surface area (TPSA) is 71.8 Å². The number of hydrogen-bond donors (Lipinski definition) is 2. The van der Waals surface area contributed by atoms with Crippen molar-refractivity contribution in [3.05, 3.63) is 45.2 Å². The fourth-order valence-electron chi connectivity index (χ4n) is 1.53. The van der Waals surface area contributed by atoms with E-state index in [1.165, 1.54) is 24.3 Å². The lowest BCUT2D eigenvalue weighted by Gasteiger charge is -2.08. The minimum atomic E-state index is -2.94. The van der Waals surface area contributed by atoms with Gasteiger partial charge in [-0.2, -0.15) is 0 Å². The summed E-state index contributed by atoms with van der Waals surface area (Å²) >= 11 is 5.70. The summed E-state index contributed by atoms with van der Waals surface area (Å²) in [5.41, 5.74) is 3.93. The second-order valence-corrected chi connectivity index (χ2v) is 3.96. The Morgan fingerprint density at radius 3 is 2.44 bits per heavy atom. The van der Waals surface area contributed by atoms with E-state index in [2.05, 4.69) is 4.98 Å². The zero-order valence-corrected chi connectivity index (χ0v) is 9.71. The van der Waals surface area contributed by atoms with Crippen LogP contribution in [0.5, 0.6) is 0 Å². The van der Waals surface area contributed by atoms with Crippen LogP contribution in [-0.2, 0) is 0 Å². The maximum Gasteiger partial charge on any atom is 0.271 e. The maximum absolute atomic E-state index is 12.9. The van der Waals surface area contributed by atoms with Gasteiger partial charge in [-0.15, -0.1) is 0 Å². The summed E-state index contributed by atoms with van der Waals surface area (Å²) in [7, 11) is 0. The highest BCUT2D eigenvalue weighted by Gasteiger charge is 2.20. The smallest absolute Gasteiger partial charge is 0.271 e. The van der Waals surface area contributed by atoms with E-state index in [0.29, 0.717) is 10.6 Å². The van der Waals surface area contributed by atoms with Crippen LogP contribution in [-0.4, -0.2) is 9.97 Å². The molecule has 0 aliphatic carbocycles. The first-order chi connectivity index (χ1) is 8.49. The first-order valence-corrected chi connectivity index (χ1v) is 5.30. The van der Waals surface area contributed by atoms with Crippen molar-refractivity contribution in [1.29, 1.82) is 0 Å². The first kappa shape index (κ1) is 12.5. The third-order valence-corrected chi connectivity index (χ3v) is 2.56. The van der Waals surface area contributed by atoms with Crippen molar-refractivity contribution in [3.63, 3.8) is 0 Å².